The van der Waals surface area contributed by atoms with Crippen LogP contribution in [0.15, 0.2) is 8.68 Å². The Hall–Kier alpha value is -0.320. The molecule has 1 unspecified atom stereocenters. The molecular formula is C12H19N3O3S4. The Morgan fingerprint density at radius 3 is 2.64 bits per heavy atom. The molecule has 6 nitrogen and oxygen atoms in total. The molecule has 1 saturated heterocycles. The summed E-state index contributed by atoms with van der Waals surface area (Å²) in [6.07, 6.45) is 0.507. The molecule has 0 bridgehead atoms. The predicted molar refractivity (Wildman–Crippen MR) is 91.4 cm³/mol. The van der Waals surface area contributed by atoms with Crippen molar-refractivity contribution in [2.75, 3.05) is 23.0 Å². The van der Waals surface area contributed by atoms with Gasteiger partial charge in [-0.3, -0.25) is 4.79 Å². The van der Waals surface area contributed by atoms with Gasteiger partial charge in [0.15, 0.2) is 18.5 Å². The zero-order valence-electron chi connectivity index (χ0n) is 12.4. The van der Waals surface area contributed by atoms with E-state index in [4.69, 9.17) is 0 Å². The number of thioether (sulfide) groups is 2. The van der Waals surface area contributed by atoms with Gasteiger partial charge in [-0.2, -0.15) is 0 Å². The first-order valence-electron chi connectivity index (χ1n) is 6.93. The van der Waals surface area contributed by atoms with E-state index in [1.54, 1.807) is 11.8 Å². The predicted octanol–water partition coefficient (Wildman–Crippen LogP) is 1.68. The standard InChI is InChI=1S/C12H19N3O3S4/c1-8(2)5-19-11-14-15-12(21-11)20-6-10(16)13-9-3-4-22(17,18)7-9/h8-9H,3-7H2,1-2H3,(H,13,16). The summed E-state index contributed by atoms with van der Waals surface area (Å²) in [5.74, 6) is 1.89. The largest absolute Gasteiger partial charge is 0.352 e. The van der Waals surface area contributed by atoms with E-state index in [1.165, 1.54) is 23.1 Å². The molecule has 10 heteroatoms. The number of amides is 1. The highest BCUT2D eigenvalue weighted by Crippen LogP contribution is 2.29. The third-order valence-corrected chi connectivity index (χ3v) is 8.24. The van der Waals surface area contributed by atoms with Crippen LogP contribution in [0.4, 0.5) is 0 Å². The van der Waals surface area contributed by atoms with Crippen LogP contribution in [0.5, 0.6) is 0 Å². The first kappa shape index (κ1) is 18.0. The van der Waals surface area contributed by atoms with Gasteiger partial charge in [0.1, 0.15) is 0 Å². The summed E-state index contributed by atoms with van der Waals surface area (Å²) in [5, 5.41) is 10.9. The van der Waals surface area contributed by atoms with Crippen LogP contribution in [0.1, 0.15) is 20.3 Å². The van der Waals surface area contributed by atoms with Crippen molar-refractivity contribution in [2.24, 2.45) is 5.92 Å². The first-order chi connectivity index (χ1) is 10.3. The lowest BCUT2D eigenvalue weighted by atomic mass is 10.3. The van der Waals surface area contributed by atoms with Crippen LogP contribution in [0, 0.1) is 5.92 Å². The molecule has 0 spiro atoms. The molecule has 0 radical (unpaired) electrons. The molecule has 1 atom stereocenters. The van der Waals surface area contributed by atoms with Gasteiger partial charge in [0.2, 0.25) is 5.91 Å². The van der Waals surface area contributed by atoms with Crippen LogP contribution in [-0.2, 0) is 14.6 Å². The molecule has 1 fully saturated rings. The maximum absolute atomic E-state index is 11.8. The highest BCUT2D eigenvalue weighted by atomic mass is 32.2. The van der Waals surface area contributed by atoms with E-state index in [9.17, 15) is 13.2 Å². The second-order valence-electron chi connectivity index (χ2n) is 5.49. The van der Waals surface area contributed by atoms with Gasteiger partial charge in [-0.25, -0.2) is 8.42 Å². The van der Waals surface area contributed by atoms with Crippen LogP contribution in [0.2, 0.25) is 0 Å². The normalized spacial score (nSPS) is 20.4. The van der Waals surface area contributed by atoms with E-state index in [0.717, 1.165) is 14.4 Å². The molecule has 1 amide bonds. The van der Waals surface area contributed by atoms with Gasteiger partial charge in [0, 0.05) is 11.8 Å². The topological polar surface area (TPSA) is 89.0 Å². The van der Waals surface area contributed by atoms with E-state index < -0.39 is 9.84 Å². The Morgan fingerprint density at radius 2 is 2.05 bits per heavy atom. The third kappa shape index (κ3) is 6.05. The van der Waals surface area contributed by atoms with Crippen molar-refractivity contribution >= 4 is 50.6 Å². The fourth-order valence-corrected chi connectivity index (χ4v) is 6.34. The van der Waals surface area contributed by atoms with Gasteiger partial charge >= 0.3 is 0 Å². The lowest BCUT2D eigenvalue weighted by molar-refractivity contribution is -0.119. The molecule has 2 rings (SSSR count). The van der Waals surface area contributed by atoms with Gasteiger partial charge in [0.05, 0.1) is 17.3 Å². The van der Waals surface area contributed by atoms with E-state index in [0.29, 0.717) is 12.3 Å². The molecular weight excluding hydrogens is 362 g/mol. The molecule has 124 valence electrons. The smallest absolute Gasteiger partial charge is 0.230 e. The fraction of sp³-hybridized carbons (Fsp3) is 0.750. The maximum Gasteiger partial charge on any atom is 0.230 e. The number of nitrogens with zero attached hydrogens (tertiary/aromatic N) is 2. The van der Waals surface area contributed by atoms with Gasteiger partial charge in [0.25, 0.3) is 0 Å². The monoisotopic (exact) mass is 381 g/mol. The van der Waals surface area contributed by atoms with Crippen molar-refractivity contribution in [3.05, 3.63) is 0 Å². The maximum atomic E-state index is 11.8. The van der Waals surface area contributed by atoms with E-state index in [-0.39, 0.29) is 29.2 Å². The summed E-state index contributed by atoms with van der Waals surface area (Å²) in [6, 6.07) is -0.246. The lowest BCUT2D eigenvalue weighted by Gasteiger charge is -2.09. The number of sulfone groups is 1. The van der Waals surface area contributed by atoms with Crippen molar-refractivity contribution in [3.63, 3.8) is 0 Å². The second-order valence-corrected chi connectivity index (χ2v) is 11.2. The van der Waals surface area contributed by atoms with Crippen LogP contribution in [0.3, 0.4) is 0 Å². The van der Waals surface area contributed by atoms with Crippen LogP contribution >= 0.6 is 34.9 Å². The number of hydrogen-bond acceptors (Lipinski definition) is 8. The van der Waals surface area contributed by atoms with Gasteiger partial charge in [-0.1, -0.05) is 48.7 Å². The van der Waals surface area contributed by atoms with Crippen molar-refractivity contribution in [2.45, 2.75) is 35.0 Å². The molecule has 0 aromatic carbocycles. The number of nitrogens with one attached hydrogen (secondary N) is 1. The molecule has 2 heterocycles. The van der Waals surface area contributed by atoms with Gasteiger partial charge in [-0.05, 0) is 12.3 Å². The summed E-state index contributed by atoms with van der Waals surface area (Å²) >= 11 is 4.50. The molecule has 1 aliphatic heterocycles. The quantitative estimate of drug-likeness (QED) is 0.719. The van der Waals surface area contributed by atoms with Crippen LogP contribution < -0.4 is 5.32 Å². The van der Waals surface area contributed by atoms with E-state index in [1.807, 2.05) is 0 Å². The summed E-state index contributed by atoms with van der Waals surface area (Å²) in [5.41, 5.74) is 0. The average Bonchev–Trinajstić information content (AvgIpc) is 3.00. The van der Waals surface area contributed by atoms with E-state index >= 15 is 0 Å². The van der Waals surface area contributed by atoms with E-state index in [2.05, 4.69) is 29.4 Å². The Kier molecular flexibility index (Phi) is 6.54. The second kappa shape index (κ2) is 7.98. The lowest BCUT2D eigenvalue weighted by Crippen LogP contribution is -2.36. The van der Waals surface area contributed by atoms with Crippen LogP contribution in [-0.4, -0.2) is 53.6 Å². The zero-order chi connectivity index (χ0) is 16.2. The average molecular weight is 382 g/mol. The number of rotatable bonds is 7. The first-order valence-corrected chi connectivity index (χ1v) is 11.5. The van der Waals surface area contributed by atoms with Crippen molar-refractivity contribution in [1.29, 1.82) is 0 Å². The molecule has 1 N–H and O–H groups in total. The number of aromatic nitrogens is 2. The highest BCUT2D eigenvalue weighted by Gasteiger charge is 2.28. The molecule has 22 heavy (non-hydrogen) atoms. The third-order valence-electron chi connectivity index (χ3n) is 2.85. The fourth-order valence-electron chi connectivity index (χ4n) is 1.86. The SMILES string of the molecule is CC(C)CSc1nnc(SCC(=O)NC2CCS(=O)(=O)C2)s1. The molecule has 1 aromatic rings. The van der Waals surface area contributed by atoms with Crippen molar-refractivity contribution < 1.29 is 13.2 Å². The number of hydrogen-bond donors (Lipinski definition) is 1. The number of carbonyl (C=O) groups is 1. The minimum atomic E-state index is -2.96. The Morgan fingerprint density at radius 1 is 1.36 bits per heavy atom. The minimum absolute atomic E-state index is 0.0538. The van der Waals surface area contributed by atoms with Crippen molar-refractivity contribution in [3.8, 4) is 0 Å². The van der Waals surface area contributed by atoms with Crippen molar-refractivity contribution in [1.82, 2.24) is 15.5 Å². The minimum Gasteiger partial charge on any atom is -0.352 e. The number of carbonyl (C=O) groups excluding carboxylic acids is 1. The van der Waals surface area contributed by atoms with Crippen LogP contribution in [0.25, 0.3) is 0 Å². The zero-order valence-corrected chi connectivity index (χ0v) is 15.7. The highest BCUT2D eigenvalue weighted by molar-refractivity contribution is 8.03. The molecule has 0 saturated carbocycles. The molecule has 1 aromatic heterocycles. The summed E-state index contributed by atoms with van der Waals surface area (Å²) in [7, 11) is -2.96. The Balaban J connectivity index is 1.72. The molecule has 1 aliphatic rings. The summed E-state index contributed by atoms with van der Waals surface area (Å²) < 4.78 is 24.4. The summed E-state index contributed by atoms with van der Waals surface area (Å²) in [4.78, 5) is 11.8. The van der Waals surface area contributed by atoms with Gasteiger partial charge in [-0.15, -0.1) is 10.2 Å². The Labute approximate surface area is 143 Å². The molecule has 0 aliphatic carbocycles. The Bertz CT molecular complexity index is 615. The summed E-state index contributed by atoms with van der Waals surface area (Å²) in [6.45, 7) is 4.30. The van der Waals surface area contributed by atoms with Gasteiger partial charge < -0.3 is 5.32 Å².